The van der Waals surface area contributed by atoms with E-state index in [-0.39, 0.29) is 12.6 Å². The summed E-state index contributed by atoms with van der Waals surface area (Å²) in [5.74, 6) is -0.374. The summed E-state index contributed by atoms with van der Waals surface area (Å²) in [7, 11) is 0. The van der Waals surface area contributed by atoms with E-state index in [1.807, 2.05) is 6.92 Å². The van der Waals surface area contributed by atoms with E-state index in [4.69, 9.17) is 9.84 Å². The molecule has 72 valence electrons. The third-order valence-corrected chi connectivity index (χ3v) is 1.57. The molecule has 1 aromatic heterocycles. The molecule has 4 nitrogen and oxygen atoms in total. The maximum atomic E-state index is 11.2. The Balaban J connectivity index is 2.55. The second-order valence-electron chi connectivity index (χ2n) is 2.69. The van der Waals surface area contributed by atoms with Crippen LogP contribution >= 0.6 is 0 Å². The SMILES string of the molecule is CCCOC(=O)c1ccc(CO)[nH]1. The first-order chi connectivity index (χ1) is 6.27. The van der Waals surface area contributed by atoms with Gasteiger partial charge >= 0.3 is 5.97 Å². The van der Waals surface area contributed by atoms with Crippen LogP contribution in [0.15, 0.2) is 12.1 Å². The van der Waals surface area contributed by atoms with Gasteiger partial charge < -0.3 is 14.8 Å². The Morgan fingerprint density at radius 2 is 2.38 bits per heavy atom. The summed E-state index contributed by atoms with van der Waals surface area (Å²) in [5.41, 5.74) is 1.00. The molecule has 0 aliphatic carbocycles. The Hall–Kier alpha value is -1.29. The summed E-state index contributed by atoms with van der Waals surface area (Å²) >= 11 is 0. The van der Waals surface area contributed by atoms with E-state index in [1.54, 1.807) is 12.1 Å². The first-order valence-electron chi connectivity index (χ1n) is 4.23. The molecule has 0 amide bonds. The summed E-state index contributed by atoms with van der Waals surface area (Å²) in [5, 5.41) is 8.73. The highest BCUT2D eigenvalue weighted by Crippen LogP contribution is 2.03. The molecule has 0 saturated heterocycles. The summed E-state index contributed by atoms with van der Waals surface area (Å²) in [6.45, 7) is 2.26. The smallest absolute Gasteiger partial charge is 0.354 e. The van der Waals surface area contributed by atoms with Crippen LogP contribution in [-0.2, 0) is 11.3 Å². The molecule has 1 heterocycles. The highest BCUT2D eigenvalue weighted by Gasteiger charge is 2.08. The number of aromatic nitrogens is 1. The van der Waals surface area contributed by atoms with Gasteiger partial charge in [0.1, 0.15) is 5.69 Å². The third-order valence-electron chi connectivity index (χ3n) is 1.57. The average Bonchev–Trinajstić information content (AvgIpc) is 2.62. The minimum atomic E-state index is -0.374. The third kappa shape index (κ3) is 2.59. The number of esters is 1. The molecule has 0 fully saturated rings. The zero-order valence-electron chi connectivity index (χ0n) is 7.54. The quantitative estimate of drug-likeness (QED) is 0.686. The lowest BCUT2D eigenvalue weighted by molar-refractivity contribution is 0.0498. The fourth-order valence-electron chi connectivity index (χ4n) is 0.924. The van der Waals surface area contributed by atoms with Crippen molar-refractivity contribution in [1.29, 1.82) is 0 Å². The highest BCUT2D eigenvalue weighted by molar-refractivity contribution is 5.87. The van der Waals surface area contributed by atoms with Crippen molar-refractivity contribution in [1.82, 2.24) is 4.98 Å². The zero-order valence-corrected chi connectivity index (χ0v) is 7.54. The van der Waals surface area contributed by atoms with E-state index in [1.165, 1.54) is 0 Å². The van der Waals surface area contributed by atoms with Crippen LogP contribution in [0, 0.1) is 0 Å². The molecule has 2 N–H and O–H groups in total. The highest BCUT2D eigenvalue weighted by atomic mass is 16.5. The predicted octanol–water partition coefficient (Wildman–Crippen LogP) is 1.07. The van der Waals surface area contributed by atoms with Gasteiger partial charge in [0.2, 0.25) is 0 Å². The molecule has 0 radical (unpaired) electrons. The standard InChI is InChI=1S/C9H13NO3/c1-2-5-13-9(12)8-4-3-7(6-11)10-8/h3-4,10-11H,2,5-6H2,1H3. The number of hydrogen-bond acceptors (Lipinski definition) is 3. The molecule has 0 atom stereocenters. The number of hydrogen-bond donors (Lipinski definition) is 2. The van der Waals surface area contributed by atoms with Crippen LogP contribution in [0.5, 0.6) is 0 Å². The van der Waals surface area contributed by atoms with Crippen LogP contribution in [0.3, 0.4) is 0 Å². The first kappa shape index (κ1) is 9.80. The molecular formula is C9H13NO3. The summed E-state index contributed by atoms with van der Waals surface area (Å²) in [4.78, 5) is 13.9. The Labute approximate surface area is 76.5 Å². The van der Waals surface area contributed by atoms with Crippen molar-refractivity contribution in [3.8, 4) is 0 Å². The number of nitrogens with one attached hydrogen (secondary N) is 1. The normalized spacial score (nSPS) is 10.0. The first-order valence-corrected chi connectivity index (χ1v) is 4.23. The molecule has 0 unspecified atom stereocenters. The van der Waals surface area contributed by atoms with Crippen molar-refractivity contribution in [3.63, 3.8) is 0 Å². The molecule has 0 spiro atoms. The summed E-state index contributed by atoms with van der Waals surface area (Å²) in [6, 6.07) is 3.26. The van der Waals surface area contributed by atoms with Crippen LogP contribution in [0.25, 0.3) is 0 Å². The number of carbonyl (C=O) groups excluding carboxylic acids is 1. The second-order valence-corrected chi connectivity index (χ2v) is 2.69. The van der Waals surface area contributed by atoms with E-state index in [9.17, 15) is 4.79 Å². The molecule has 1 aromatic rings. The lowest BCUT2D eigenvalue weighted by Crippen LogP contribution is -2.06. The van der Waals surface area contributed by atoms with Gasteiger partial charge in [-0.2, -0.15) is 0 Å². The Kier molecular flexibility index (Phi) is 3.52. The summed E-state index contributed by atoms with van der Waals surface area (Å²) in [6.07, 6.45) is 0.805. The van der Waals surface area contributed by atoms with Crippen LogP contribution in [-0.4, -0.2) is 22.7 Å². The molecule has 13 heavy (non-hydrogen) atoms. The number of aromatic amines is 1. The lowest BCUT2D eigenvalue weighted by Gasteiger charge is -1.99. The lowest BCUT2D eigenvalue weighted by atomic mass is 10.4. The number of rotatable bonds is 4. The van der Waals surface area contributed by atoms with Gasteiger partial charge in [0.15, 0.2) is 0 Å². The maximum absolute atomic E-state index is 11.2. The number of aliphatic hydroxyl groups is 1. The van der Waals surface area contributed by atoms with E-state index in [0.29, 0.717) is 18.0 Å². The molecular weight excluding hydrogens is 170 g/mol. The monoisotopic (exact) mass is 183 g/mol. The molecule has 0 bridgehead atoms. The maximum Gasteiger partial charge on any atom is 0.354 e. The van der Waals surface area contributed by atoms with Gasteiger partial charge in [-0.15, -0.1) is 0 Å². The fraction of sp³-hybridized carbons (Fsp3) is 0.444. The number of H-pyrrole nitrogens is 1. The molecule has 4 heteroatoms. The topological polar surface area (TPSA) is 62.3 Å². The molecule has 1 rings (SSSR count). The van der Waals surface area contributed by atoms with Gasteiger partial charge in [-0.3, -0.25) is 0 Å². The van der Waals surface area contributed by atoms with Crippen LogP contribution in [0.2, 0.25) is 0 Å². The van der Waals surface area contributed by atoms with Crippen LogP contribution in [0.4, 0.5) is 0 Å². The Morgan fingerprint density at radius 3 is 2.92 bits per heavy atom. The minimum Gasteiger partial charge on any atom is -0.461 e. The van der Waals surface area contributed by atoms with Gasteiger partial charge in [-0.1, -0.05) is 6.92 Å². The predicted molar refractivity (Wildman–Crippen MR) is 47.3 cm³/mol. The second kappa shape index (κ2) is 4.67. The Morgan fingerprint density at radius 1 is 1.62 bits per heavy atom. The molecule has 0 aliphatic heterocycles. The van der Waals surface area contributed by atoms with Crippen LogP contribution < -0.4 is 0 Å². The van der Waals surface area contributed by atoms with Gasteiger partial charge in [0.05, 0.1) is 13.2 Å². The van der Waals surface area contributed by atoms with E-state index >= 15 is 0 Å². The van der Waals surface area contributed by atoms with Crippen molar-refractivity contribution in [2.75, 3.05) is 6.61 Å². The van der Waals surface area contributed by atoms with Crippen molar-refractivity contribution in [3.05, 3.63) is 23.5 Å². The van der Waals surface area contributed by atoms with Gasteiger partial charge in [-0.05, 0) is 18.6 Å². The average molecular weight is 183 g/mol. The zero-order chi connectivity index (χ0) is 9.68. The van der Waals surface area contributed by atoms with Crippen molar-refractivity contribution in [2.45, 2.75) is 20.0 Å². The van der Waals surface area contributed by atoms with E-state index < -0.39 is 0 Å². The number of ether oxygens (including phenoxy) is 1. The fourth-order valence-corrected chi connectivity index (χ4v) is 0.924. The minimum absolute atomic E-state index is 0.0962. The van der Waals surface area contributed by atoms with Crippen LogP contribution in [0.1, 0.15) is 29.5 Å². The van der Waals surface area contributed by atoms with Gasteiger partial charge in [0, 0.05) is 5.69 Å². The van der Waals surface area contributed by atoms with E-state index in [2.05, 4.69) is 4.98 Å². The largest absolute Gasteiger partial charge is 0.461 e. The van der Waals surface area contributed by atoms with E-state index in [0.717, 1.165) is 6.42 Å². The van der Waals surface area contributed by atoms with Crippen molar-refractivity contribution >= 4 is 5.97 Å². The number of aliphatic hydroxyl groups excluding tert-OH is 1. The summed E-state index contributed by atoms with van der Waals surface area (Å²) < 4.78 is 4.88. The molecule has 0 aliphatic rings. The Bertz CT molecular complexity index is 280. The van der Waals surface area contributed by atoms with Crippen molar-refractivity contribution < 1.29 is 14.6 Å². The van der Waals surface area contributed by atoms with Crippen molar-refractivity contribution in [2.24, 2.45) is 0 Å². The number of carbonyl (C=O) groups is 1. The molecule has 0 saturated carbocycles. The van der Waals surface area contributed by atoms with Gasteiger partial charge in [-0.25, -0.2) is 4.79 Å². The molecule has 0 aromatic carbocycles. The van der Waals surface area contributed by atoms with Gasteiger partial charge in [0.25, 0.3) is 0 Å².